The smallest absolute Gasteiger partial charge is 0.335 e. The molecule has 0 saturated carbocycles. The highest BCUT2D eigenvalue weighted by molar-refractivity contribution is 6.34. The first kappa shape index (κ1) is 17.5. The SMILES string of the molecule is CC(CC(=O)Nc1ccc(C(=O)O)cc1Cl)CC(C)(C)C. The molecule has 0 spiro atoms. The van der Waals surface area contributed by atoms with E-state index < -0.39 is 5.97 Å². The average molecular weight is 312 g/mol. The summed E-state index contributed by atoms with van der Waals surface area (Å²) in [4.78, 5) is 22.8. The lowest BCUT2D eigenvalue weighted by Gasteiger charge is -2.22. The summed E-state index contributed by atoms with van der Waals surface area (Å²) in [5, 5.41) is 11.8. The summed E-state index contributed by atoms with van der Waals surface area (Å²) in [6.07, 6.45) is 1.36. The van der Waals surface area contributed by atoms with Crippen LogP contribution < -0.4 is 5.32 Å². The molecule has 2 N–H and O–H groups in total. The highest BCUT2D eigenvalue weighted by Gasteiger charge is 2.18. The number of halogens is 1. The molecule has 0 aromatic heterocycles. The Morgan fingerprint density at radius 2 is 1.95 bits per heavy atom. The van der Waals surface area contributed by atoms with Crippen molar-refractivity contribution in [2.24, 2.45) is 11.3 Å². The standard InChI is InChI=1S/C16H22ClNO3/c1-10(9-16(2,3)4)7-14(19)18-13-6-5-11(15(20)21)8-12(13)17/h5-6,8,10H,7,9H2,1-4H3,(H,18,19)(H,20,21). The van der Waals surface area contributed by atoms with E-state index in [4.69, 9.17) is 16.7 Å². The van der Waals surface area contributed by atoms with Crippen molar-refractivity contribution in [2.75, 3.05) is 5.32 Å². The van der Waals surface area contributed by atoms with E-state index in [0.717, 1.165) is 6.42 Å². The lowest BCUT2D eigenvalue weighted by molar-refractivity contribution is -0.117. The third-order valence-corrected chi connectivity index (χ3v) is 3.30. The van der Waals surface area contributed by atoms with Gasteiger partial charge >= 0.3 is 5.97 Å². The lowest BCUT2D eigenvalue weighted by atomic mass is 9.84. The number of carboxylic acid groups (broad SMARTS) is 1. The molecule has 0 aliphatic rings. The van der Waals surface area contributed by atoms with Crippen molar-refractivity contribution in [1.82, 2.24) is 0 Å². The van der Waals surface area contributed by atoms with Gasteiger partial charge in [0, 0.05) is 6.42 Å². The summed E-state index contributed by atoms with van der Waals surface area (Å²) in [6, 6.07) is 4.26. The van der Waals surface area contributed by atoms with Crippen LogP contribution in [0.1, 0.15) is 50.9 Å². The number of carbonyl (C=O) groups is 2. The lowest BCUT2D eigenvalue weighted by Crippen LogP contribution is -2.19. The number of carboxylic acids is 1. The zero-order chi connectivity index (χ0) is 16.2. The van der Waals surface area contributed by atoms with E-state index in [9.17, 15) is 9.59 Å². The first-order valence-electron chi connectivity index (χ1n) is 6.91. The zero-order valence-corrected chi connectivity index (χ0v) is 13.6. The molecule has 0 radical (unpaired) electrons. The molecule has 0 aliphatic carbocycles. The van der Waals surface area contributed by atoms with Gasteiger partial charge in [-0.15, -0.1) is 0 Å². The van der Waals surface area contributed by atoms with E-state index in [-0.39, 0.29) is 27.8 Å². The molecule has 1 amide bonds. The third kappa shape index (κ3) is 6.17. The Morgan fingerprint density at radius 3 is 2.43 bits per heavy atom. The molecule has 0 fully saturated rings. The second-order valence-corrected chi connectivity index (χ2v) is 7.03. The zero-order valence-electron chi connectivity index (χ0n) is 12.9. The minimum Gasteiger partial charge on any atom is -0.478 e. The molecule has 1 aromatic carbocycles. The van der Waals surface area contributed by atoms with E-state index in [1.54, 1.807) is 0 Å². The van der Waals surface area contributed by atoms with Crippen molar-refractivity contribution < 1.29 is 14.7 Å². The van der Waals surface area contributed by atoms with Crippen LogP contribution in [-0.4, -0.2) is 17.0 Å². The van der Waals surface area contributed by atoms with Crippen molar-refractivity contribution in [3.8, 4) is 0 Å². The molecule has 0 heterocycles. The second kappa shape index (κ2) is 6.94. The van der Waals surface area contributed by atoms with E-state index in [1.165, 1.54) is 18.2 Å². The maximum Gasteiger partial charge on any atom is 0.335 e. The van der Waals surface area contributed by atoms with Crippen LogP contribution in [0, 0.1) is 11.3 Å². The summed E-state index contributed by atoms with van der Waals surface area (Å²) in [7, 11) is 0. The monoisotopic (exact) mass is 311 g/mol. The number of benzene rings is 1. The quantitative estimate of drug-likeness (QED) is 0.844. The van der Waals surface area contributed by atoms with E-state index in [2.05, 4.69) is 26.1 Å². The van der Waals surface area contributed by atoms with Crippen molar-refractivity contribution in [1.29, 1.82) is 0 Å². The number of carbonyl (C=O) groups excluding carboxylic acids is 1. The van der Waals surface area contributed by atoms with Gasteiger partial charge in [0.1, 0.15) is 0 Å². The van der Waals surface area contributed by atoms with Crippen LogP contribution in [0.25, 0.3) is 0 Å². The molecular weight excluding hydrogens is 290 g/mol. The number of hydrogen-bond donors (Lipinski definition) is 2. The van der Waals surface area contributed by atoms with Gasteiger partial charge in [-0.1, -0.05) is 39.3 Å². The van der Waals surface area contributed by atoms with Gasteiger partial charge in [0.2, 0.25) is 5.91 Å². The summed E-state index contributed by atoms with van der Waals surface area (Å²) in [5.41, 5.74) is 0.717. The molecule has 0 saturated heterocycles. The Hall–Kier alpha value is -1.55. The van der Waals surface area contributed by atoms with Gasteiger partial charge < -0.3 is 10.4 Å². The maximum absolute atomic E-state index is 12.0. The van der Waals surface area contributed by atoms with Crippen LogP contribution in [-0.2, 0) is 4.79 Å². The van der Waals surface area contributed by atoms with E-state index in [1.807, 2.05) is 6.92 Å². The van der Waals surface area contributed by atoms with Gasteiger partial charge in [0.25, 0.3) is 0 Å². The minimum atomic E-state index is -1.05. The maximum atomic E-state index is 12.0. The number of amides is 1. The molecule has 0 aliphatic heterocycles. The second-order valence-electron chi connectivity index (χ2n) is 6.62. The molecule has 21 heavy (non-hydrogen) atoms. The van der Waals surface area contributed by atoms with Crippen LogP contribution in [0.15, 0.2) is 18.2 Å². The largest absolute Gasteiger partial charge is 0.478 e. The molecule has 4 nitrogen and oxygen atoms in total. The Balaban J connectivity index is 2.65. The Kier molecular flexibility index (Phi) is 5.78. The highest BCUT2D eigenvalue weighted by Crippen LogP contribution is 2.27. The highest BCUT2D eigenvalue weighted by atomic mass is 35.5. The Bertz CT molecular complexity index is 535. The third-order valence-electron chi connectivity index (χ3n) is 2.98. The van der Waals surface area contributed by atoms with E-state index in [0.29, 0.717) is 12.1 Å². The Labute approximate surface area is 130 Å². The van der Waals surface area contributed by atoms with Crippen molar-refractivity contribution in [3.05, 3.63) is 28.8 Å². The summed E-state index contributed by atoms with van der Waals surface area (Å²) in [6.45, 7) is 8.47. The molecular formula is C16H22ClNO3. The number of aromatic carboxylic acids is 1. The van der Waals surface area contributed by atoms with Crippen molar-refractivity contribution in [3.63, 3.8) is 0 Å². The van der Waals surface area contributed by atoms with Crippen LogP contribution in [0.2, 0.25) is 5.02 Å². The van der Waals surface area contributed by atoms with Gasteiger partial charge in [-0.3, -0.25) is 4.79 Å². The normalized spacial score (nSPS) is 12.8. The molecule has 1 rings (SSSR count). The van der Waals surface area contributed by atoms with Gasteiger partial charge in [-0.2, -0.15) is 0 Å². The van der Waals surface area contributed by atoms with Gasteiger partial charge in [0.15, 0.2) is 0 Å². The molecule has 0 bridgehead atoms. The van der Waals surface area contributed by atoms with Gasteiger partial charge in [-0.25, -0.2) is 4.79 Å². The minimum absolute atomic E-state index is 0.0964. The summed E-state index contributed by atoms with van der Waals surface area (Å²) >= 11 is 5.98. The number of nitrogens with one attached hydrogen (secondary N) is 1. The first-order chi connectivity index (χ1) is 9.58. The molecule has 116 valence electrons. The van der Waals surface area contributed by atoms with Crippen LogP contribution in [0.3, 0.4) is 0 Å². The molecule has 1 unspecified atom stereocenters. The van der Waals surface area contributed by atoms with Crippen LogP contribution >= 0.6 is 11.6 Å². The van der Waals surface area contributed by atoms with Gasteiger partial charge in [-0.05, 0) is 36.0 Å². The topological polar surface area (TPSA) is 66.4 Å². The van der Waals surface area contributed by atoms with E-state index >= 15 is 0 Å². The fraction of sp³-hybridized carbons (Fsp3) is 0.500. The summed E-state index contributed by atoms with van der Waals surface area (Å²) < 4.78 is 0. The number of anilines is 1. The first-order valence-corrected chi connectivity index (χ1v) is 7.29. The molecule has 5 heteroatoms. The fourth-order valence-electron chi connectivity index (χ4n) is 2.38. The average Bonchev–Trinajstić information content (AvgIpc) is 2.28. The van der Waals surface area contributed by atoms with Crippen molar-refractivity contribution in [2.45, 2.75) is 40.5 Å². The van der Waals surface area contributed by atoms with Crippen LogP contribution in [0.5, 0.6) is 0 Å². The predicted octanol–water partition coefficient (Wildman–Crippen LogP) is 4.44. The number of rotatable bonds is 5. The predicted molar refractivity (Wildman–Crippen MR) is 84.9 cm³/mol. The molecule has 1 atom stereocenters. The fourth-order valence-corrected chi connectivity index (χ4v) is 2.61. The number of hydrogen-bond acceptors (Lipinski definition) is 2. The van der Waals surface area contributed by atoms with Crippen LogP contribution in [0.4, 0.5) is 5.69 Å². The van der Waals surface area contributed by atoms with Gasteiger partial charge in [0.05, 0.1) is 16.3 Å². The molecule has 1 aromatic rings. The summed E-state index contributed by atoms with van der Waals surface area (Å²) in [5.74, 6) is -0.896. The Morgan fingerprint density at radius 1 is 1.33 bits per heavy atom. The van der Waals surface area contributed by atoms with Crippen molar-refractivity contribution >= 4 is 29.2 Å².